The molecule has 100 valence electrons. The molecule has 1 aromatic rings. The number of anilines is 1. The Bertz CT molecular complexity index is 386. The van der Waals surface area contributed by atoms with Crippen LogP contribution >= 0.6 is 0 Å². The Morgan fingerprint density at radius 3 is 2.94 bits per heavy atom. The summed E-state index contributed by atoms with van der Waals surface area (Å²) >= 11 is 0. The second-order valence-corrected chi connectivity index (χ2v) is 4.24. The Hall–Kier alpha value is -1.33. The summed E-state index contributed by atoms with van der Waals surface area (Å²) in [5.41, 5.74) is 0.891. The molecule has 1 N–H and O–H groups in total. The molecule has 0 amide bonds. The van der Waals surface area contributed by atoms with Crippen molar-refractivity contribution in [3.8, 4) is 5.88 Å². The minimum atomic E-state index is 0.0786. The van der Waals surface area contributed by atoms with Crippen molar-refractivity contribution in [2.75, 3.05) is 26.1 Å². The minimum absolute atomic E-state index is 0.0786. The largest absolute Gasteiger partial charge is 0.480 e. The van der Waals surface area contributed by atoms with Crippen molar-refractivity contribution < 1.29 is 14.2 Å². The van der Waals surface area contributed by atoms with Crippen LogP contribution in [0.25, 0.3) is 0 Å². The van der Waals surface area contributed by atoms with Gasteiger partial charge in [-0.15, -0.1) is 0 Å². The normalized spacial score (nSPS) is 26.5. The highest BCUT2D eigenvalue weighted by molar-refractivity contribution is 5.53. The maximum atomic E-state index is 5.59. The molecule has 1 saturated carbocycles. The van der Waals surface area contributed by atoms with E-state index in [1.165, 1.54) is 0 Å². The quantitative estimate of drug-likeness (QED) is 0.835. The molecule has 0 aromatic carbocycles. The van der Waals surface area contributed by atoms with Gasteiger partial charge >= 0.3 is 0 Å². The number of ether oxygens (including phenoxy) is 3. The fraction of sp³-hybridized carbons (Fsp3) is 0.615. The van der Waals surface area contributed by atoms with Crippen LogP contribution in [0.1, 0.15) is 13.3 Å². The van der Waals surface area contributed by atoms with E-state index in [0.717, 1.165) is 12.1 Å². The second kappa shape index (κ2) is 6.02. The van der Waals surface area contributed by atoms with E-state index in [9.17, 15) is 0 Å². The van der Waals surface area contributed by atoms with E-state index in [1.54, 1.807) is 20.4 Å². The molecule has 18 heavy (non-hydrogen) atoms. The zero-order chi connectivity index (χ0) is 13.0. The van der Waals surface area contributed by atoms with Gasteiger partial charge in [0.2, 0.25) is 5.88 Å². The highest BCUT2D eigenvalue weighted by atomic mass is 16.5. The molecule has 3 atom stereocenters. The molecule has 1 aromatic heterocycles. The lowest BCUT2D eigenvalue weighted by Crippen LogP contribution is -2.56. The third kappa shape index (κ3) is 2.57. The van der Waals surface area contributed by atoms with E-state index in [2.05, 4.69) is 10.3 Å². The van der Waals surface area contributed by atoms with Crippen LogP contribution in [0.3, 0.4) is 0 Å². The van der Waals surface area contributed by atoms with Crippen LogP contribution in [-0.2, 0) is 9.47 Å². The zero-order valence-electron chi connectivity index (χ0n) is 11.1. The van der Waals surface area contributed by atoms with Gasteiger partial charge in [0, 0.05) is 19.9 Å². The van der Waals surface area contributed by atoms with Gasteiger partial charge in [-0.3, -0.25) is 0 Å². The molecule has 0 bridgehead atoms. The Balaban J connectivity index is 1.98. The molecule has 1 aliphatic carbocycles. The van der Waals surface area contributed by atoms with Crippen LogP contribution in [0.15, 0.2) is 18.3 Å². The summed E-state index contributed by atoms with van der Waals surface area (Å²) in [4.78, 5) is 4.16. The summed E-state index contributed by atoms with van der Waals surface area (Å²) in [6.45, 7) is 2.71. The number of hydrogen-bond acceptors (Lipinski definition) is 5. The van der Waals surface area contributed by atoms with Gasteiger partial charge in [0.15, 0.2) is 0 Å². The summed E-state index contributed by atoms with van der Waals surface area (Å²) in [5.74, 6) is 0.604. The van der Waals surface area contributed by atoms with E-state index in [4.69, 9.17) is 14.2 Å². The van der Waals surface area contributed by atoms with Crippen molar-refractivity contribution in [3.05, 3.63) is 18.3 Å². The highest BCUT2D eigenvalue weighted by Gasteiger charge is 2.42. The van der Waals surface area contributed by atoms with E-state index in [-0.39, 0.29) is 18.2 Å². The minimum Gasteiger partial charge on any atom is -0.480 e. The second-order valence-electron chi connectivity index (χ2n) is 4.24. The van der Waals surface area contributed by atoms with Crippen molar-refractivity contribution in [2.24, 2.45) is 0 Å². The molecule has 0 radical (unpaired) electrons. The molecule has 1 heterocycles. The Morgan fingerprint density at radius 2 is 2.28 bits per heavy atom. The summed E-state index contributed by atoms with van der Waals surface area (Å²) < 4.78 is 16.3. The molecule has 5 nitrogen and oxygen atoms in total. The Kier molecular flexibility index (Phi) is 4.38. The molecule has 0 saturated heterocycles. The number of rotatable bonds is 6. The van der Waals surface area contributed by atoms with Crippen LogP contribution < -0.4 is 10.1 Å². The number of hydrogen-bond donors (Lipinski definition) is 1. The van der Waals surface area contributed by atoms with Crippen molar-refractivity contribution >= 4 is 5.69 Å². The van der Waals surface area contributed by atoms with Gasteiger partial charge in [0.05, 0.1) is 24.9 Å². The predicted octanol–water partition coefficient (Wildman–Crippen LogP) is 1.69. The topological polar surface area (TPSA) is 52.6 Å². The first-order valence-corrected chi connectivity index (χ1v) is 6.20. The fourth-order valence-electron chi connectivity index (χ4n) is 2.28. The van der Waals surface area contributed by atoms with Crippen LogP contribution in [0.4, 0.5) is 5.69 Å². The van der Waals surface area contributed by atoms with Crippen LogP contribution in [0.5, 0.6) is 5.88 Å². The monoisotopic (exact) mass is 252 g/mol. The fourth-order valence-corrected chi connectivity index (χ4v) is 2.28. The van der Waals surface area contributed by atoms with Crippen molar-refractivity contribution in [1.29, 1.82) is 0 Å². The number of nitrogens with zero attached hydrogens (tertiary/aromatic N) is 1. The van der Waals surface area contributed by atoms with Crippen molar-refractivity contribution in [3.63, 3.8) is 0 Å². The molecule has 0 spiro atoms. The van der Waals surface area contributed by atoms with Gasteiger partial charge in [-0.05, 0) is 25.5 Å². The maximum Gasteiger partial charge on any atom is 0.237 e. The van der Waals surface area contributed by atoms with Gasteiger partial charge < -0.3 is 19.5 Å². The first-order valence-electron chi connectivity index (χ1n) is 6.20. The third-order valence-corrected chi connectivity index (χ3v) is 3.21. The Labute approximate surface area is 107 Å². The molecule has 0 aliphatic heterocycles. The highest BCUT2D eigenvalue weighted by Crippen LogP contribution is 2.32. The zero-order valence-corrected chi connectivity index (χ0v) is 11.1. The molecular weight excluding hydrogens is 232 g/mol. The van der Waals surface area contributed by atoms with Gasteiger partial charge in [0.25, 0.3) is 0 Å². The van der Waals surface area contributed by atoms with Crippen molar-refractivity contribution in [1.82, 2.24) is 4.98 Å². The lowest BCUT2D eigenvalue weighted by molar-refractivity contribution is -0.118. The number of methoxy groups -OCH3 is 2. The van der Waals surface area contributed by atoms with Gasteiger partial charge in [-0.1, -0.05) is 0 Å². The SMILES string of the molecule is CCOC1CC(Nc2cccnc2OC)C1OC. The summed E-state index contributed by atoms with van der Waals surface area (Å²) in [6, 6.07) is 4.07. The van der Waals surface area contributed by atoms with Crippen LogP contribution in [0.2, 0.25) is 0 Å². The summed E-state index contributed by atoms with van der Waals surface area (Å²) in [5, 5.41) is 3.39. The predicted molar refractivity (Wildman–Crippen MR) is 69.0 cm³/mol. The standard InChI is InChI=1S/C13H20N2O3/c1-4-18-11-8-10(12(11)16-2)15-9-6-5-7-14-13(9)17-3/h5-7,10-12,15H,4,8H2,1-3H3. The number of pyridine rings is 1. The lowest BCUT2D eigenvalue weighted by atomic mass is 9.85. The average Bonchev–Trinajstić information content (AvgIpc) is 2.38. The first kappa shape index (κ1) is 13.1. The van der Waals surface area contributed by atoms with E-state index in [0.29, 0.717) is 12.5 Å². The van der Waals surface area contributed by atoms with Crippen molar-refractivity contribution in [2.45, 2.75) is 31.6 Å². The lowest BCUT2D eigenvalue weighted by Gasteiger charge is -2.43. The molecule has 1 aliphatic rings. The van der Waals surface area contributed by atoms with Gasteiger partial charge in [-0.2, -0.15) is 0 Å². The number of nitrogens with one attached hydrogen (secondary N) is 1. The summed E-state index contributed by atoms with van der Waals surface area (Å²) in [6.07, 6.45) is 2.90. The molecular formula is C13H20N2O3. The smallest absolute Gasteiger partial charge is 0.237 e. The maximum absolute atomic E-state index is 5.59. The molecule has 3 unspecified atom stereocenters. The Morgan fingerprint density at radius 1 is 1.44 bits per heavy atom. The van der Waals surface area contributed by atoms with Gasteiger partial charge in [-0.25, -0.2) is 4.98 Å². The van der Waals surface area contributed by atoms with E-state index in [1.807, 2.05) is 19.1 Å². The van der Waals surface area contributed by atoms with Crippen LogP contribution in [-0.4, -0.2) is 44.1 Å². The molecule has 5 heteroatoms. The van der Waals surface area contributed by atoms with E-state index < -0.39 is 0 Å². The van der Waals surface area contributed by atoms with E-state index >= 15 is 0 Å². The summed E-state index contributed by atoms with van der Waals surface area (Å²) in [7, 11) is 3.33. The van der Waals surface area contributed by atoms with Crippen LogP contribution in [0, 0.1) is 0 Å². The third-order valence-electron chi connectivity index (χ3n) is 3.21. The van der Waals surface area contributed by atoms with Gasteiger partial charge in [0.1, 0.15) is 6.10 Å². The molecule has 1 fully saturated rings. The first-order chi connectivity index (χ1) is 8.80. The number of aromatic nitrogens is 1. The average molecular weight is 252 g/mol. The molecule has 2 rings (SSSR count).